The summed E-state index contributed by atoms with van der Waals surface area (Å²) in [7, 11) is -4.37. The van der Waals surface area contributed by atoms with Gasteiger partial charge in [0.25, 0.3) is 16.3 Å². The summed E-state index contributed by atoms with van der Waals surface area (Å²) in [5, 5.41) is 19.9. The lowest BCUT2D eigenvalue weighted by Gasteiger charge is -2.32. The average molecular weight is 641 g/mol. The molecule has 18 heteroatoms. The Morgan fingerprint density at radius 2 is 1.80 bits per heavy atom. The number of aromatic nitrogens is 2. The highest BCUT2D eigenvalue weighted by atomic mass is 32.2. The van der Waals surface area contributed by atoms with Gasteiger partial charge < -0.3 is 14.7 Å². The van der Waals surface area contributed by atoms with Crippen molar-refractivity contribution < 1.29 is 50.5 Å². The fourth-order valence-electron chi connectivity index (χ4n) is 3.92. The minimum atomic E-state index is -4.71. The first-order valence-electron chi connectivity index (χ1n) is 13.0. The van der Waals surface area contributed by atoms with Crippen LogP contribution in [-0.4, -0.2) is 66.2 Å². The lowest BCUT2D eigenvalue weighted by Crippen LogP contribution is -2.56. The highest BCUT2D eigenvalue weighted by Crippen LogP contribution is 2.33. The molecule has 44 heavy (non-hydrogen) atoms. The molecule has 1 amide bonds. The number of hydrogen-bond donors (Lipinski definition) is 1. The van der Waals surface area contributed by atoms with Gasteiger partial charge in [-0.15, -0.1) is 5.01 Å². The van der Waals surface area contributed by atoms with Crippen molar-refractivity contribution in [3.8, 4) is 16.9 Å². The minimum absolute atomic E-state index is 0.0202. The zero-order valence-corrected chi connectivity index (χ0v) is 24.3. The van der Waals surface area contributed by atoms with Crippen molar-refractivity contribution in [1.82, 2.24) is 19.5 Å². The van der Waals surface area contributed by atoms with Gasteiger partial charge in [0.1, 0.15) is 0 Å². The normalized spacial score (nSPS) is 14.9. The number of hydrogen-bond acceptors (Lipinski definition) is 10. The summed E-state index contributed by atoms with van der Waals surface area (Å²) in [6.45, 7) is 4.38. The average Bonchev–Trinajstić information content (AvgIpc) is 3.38. The van der Waals surface area contributed by atoms with E-state index in [2.05, 4.69) is 19.8 Å². The number of nitrogens with zero attached hydrogens (tertiary/aromatic N) is 5. The van der Waals surface area contributed by atoms with Crippen LogP contribution in [-0.2, 0) is 35.3 Å². The number of sulfonamides is 1. The summed E-state index contributed by atoms with van der Waals surface area (Å²) in [4.78, 5) is 28.2. The maximum Gasteiger partial charge on any atom is 0.511 e. The van der Waals surface area contributed by atoms with Crippen LogP contribution >= 0.6 is 0 Å². The minimum Gasteiger partial charge on any atom is -0.569 e. The molecule has 1 atom stereocenters. The third kappa shape index (κ3) is 7.55. The Morgan fingerprint density at radius 1 is 1.16 bits per heavy atom. The molecule has 0 radical (unpaired) electrons. The Kier molecular flexibility index (Phi) is 9.31. The number of hydrazine groups is 1. The fourth-order valence-corrected chi connectivity index (χ4v) is 4.96. The predicted octanol–water partition coefficient (Wildman–Crippen LogP) is 3.93. The number of nitrogens with one attached hydrogen (secondary N) is 1. The predicted molar refractivity (Wildman–Crippen MR) is 144 cm³/mol. The van der Waals surface area contributed by atoms with Crippen molar-refractivity contribution in [3.05, 3.63) is 71.1 Å². The quantitative estimate of drug-likeness (QED) is 0.113. The molecule has 0 aliphatic carbocycles. The van der Waals surface area contributed by atoms with Gasteiger partial charge in [-0.1, -0.05) is 29.8 Å². The molecule has 1 fully saturated rings. The van der Waals surface area contributed by atoms with Gasteiger partial charge in [-0.05, 0) is 44.2 Å². The number of amides is 1. The number of ether oxygens (including phenoxy) is 2. The number of rotatable bonds is 10. The number of carbonyl (C=O) groups is 2. The molecule has 1 saturated heterocycles. The van der Waals surface area contributed by atoms with E-state index in [1.54, 1.807) is 31.2 Å². The Bertz CT molecular complexity index is 1640. The third-order valence-electron chi connectivity index (χ3n) is 6.24. The van der Waals surface area contributed by atoms with E-state index in [9.17, 15) is 36.4 Å². The Labute approximate surface area is 249 Å². The lowest BCUT2D eigenvalue weighted by atomic mass is 10.0. The monoisotopic (exact) mass is 640 g/mol. The highest BCUT2D eigenvalue weighted by molar-refractivity contribution is 7.90. The molecule has 1 aliphatic heterocycles. The van der Waals surface area contributed by atoms with Gasteiger partial charge in [-0.2, -0.15) is 18.3 Å². The Hall–Kier alpha value is -4.87. The maximum atomic E-state index is 13.5. The van der Waals surface area contributed by atoms with Gasteiger partial charge in [-0.3, -0.25) is 9.63 Å². The Morgan fingerprint density at radius 3 is 2.39 bits per heavy atom. The van der Waals surface area contributed by atoms with Crippen molar-refractivity contribution >= 4 is 22.1 Å². The molecule has 14 nitrogen and oxygen atoms in total. The summed E-state index contributed by atoms with van der Waals surface area (Å²) in [6.07, 6.45) is -6.97. The van der Waals surface area contributed by atoms with E-state index in [0.29, 0.717) is 5.56 Å². The van der Waals surface area contributed by atoms with Gasteiger partial charge in [0.05, 0.1) is 46.9 Å². The van der Waals surface area contributed by atoms with E-state index in [4.69, 9.17) is 4.84 Å². The van der Waals surface area contributed by atoms with E-state index >= 15 is 0 Å². The maximum absolute atomic E-state index is 13.5. The SMILES string of the molecule is CCOC(=O)OC(C)ON=[N+]([O-])N1CC(C(=O)NS(=O)(=O)c2ccc(-n3nc(C(F)(F)F)cc3-c3ccc(C)cc3)cc2)C1. The van der Waals surface area contributed by atoms with Crippen molar-refractivity contribution in [3.63, 3.8) is 0 Å². The van der Waals surface area contributed by atoms with E-state index in [-0.39, 0.29) is 40.9 Å². The summed E-state index contributed by atoms with van der Waals surface area (Å²) in [5.41, 5.74) is 0.541. The van der Waals surface area contributed by atoms with Crippen molar-refractivity contribution in [2.45, 2.75) is 38.1 Å². The molecule has 236 valence electrons. The first-order chi connectivity index (χ1) is 20.7. The van der Waals surface area contributed by atoms with Gasteiger partial charge in [-0.25, -0.2) is 22.6 Å². The summed E-state index contributed by atoms with van der Waals surface area (Å²) < 4.78 is 78.3. The zero-order valence-electron chi connectivity index (χ0n) is 23.5. The number of carbonyl (C=O) groups excluding carboxylic acids is 2. The van der Waals surface area contributed by atoms with Crippen LogP contribution in [0.1, 0.15) is 25.1 Å². The first kappa shape index (κ1) is 32.1. The summed E-state index contributed by atoms with van der Waals surface area (Å²) >= 11 is 0. The van der Waals surface area contributed by atoms with Crippen LogP contribution in [0.4, 0.5) is 18.0 Å². The van der Waals surface area contributed by atoms with Crippen LogP contribution in [0.25, 0.3) is 16.9 Å². The molecule has 0 bridgehead atoms. The van der Waals surface area contributed by atoms with Crippen LogP contribution in [0.2, 0.25) is 0 Å². The Balaban J connectivity index is 1.40. The second-order valence-corrected chi connectivity index (χ2v) is 11.2. The van der Waals surface area contributed by atoms with Gasteiger partial charge >= 0.3 is 12.3 Å². The van der Waals surface area contributed by atoms with Crippen LogP contribution < -0.4 is 4.72 Å². The molecule has 2 aromatic carbocycles. The standard InChI is InChI=1S/C26H27F3N6O8S/c1-4-41-25(37)42-17(3)43-32-35(38)33-14-19(15-33)24(36)31-44(39,40)21-11-9-20(10-12-21)34-22(13-23(30-34)26(27,28)29)18-7-5-16(2)6-8-18/h5-13,17,19H,4,14-15H2,1-3H3,(H,31,36). The van der Waals surface area contributed by atoms with Crippen LogP contribution in [0, 0.1) is 18.0 Å². The molecule has 0 saturated carbocycles. The number of halogens is 3. The molecule has 2 heterocycles. The summed E-state index contributed by atoms with van der Waals surface area (Å²) in [6, 6.07) is 12.4. The van der Waals surface area contributed by atoms with Gasteiger partial charge in [0.15, 0.2) is 5.69 Å². The first-order valence-corrected chi connectivity index (χ1v) is 14.5. The summed E-state index contributed by atoms with van der Waals surface area (Å²) in [5.74, 6) is -1.77. The molecule has 0 spiro atoms. The molecule has 1 aromatic heterocycles. The molecule has 1 unspecified atom stereocenters. The van der Waals surface area contributed by atoms with E-state index < -0.39 is 46.2 Å². The largest absolute Gasteiger partial charge is 0.569 e. The molecule has 1 aliphatic rings. The highest BCUT2D eigenvalue weighted by Gasteiger charge is 2.40. The smallest absolute Gasteiger partial charge is 0.511 e. The van der Waals surface area contributed by atoms with E-state index in [1.807, 2.05) is 11.6 Å². The number of aryl methyl sites for hydroxylation is 1. The fraction of sp³-hybridized carbons (Fsp3) is 0.346. The van der Waals surface area contributed by atoms with Crippen LogP contribution in [0.5, 0.6) is 0 Å². The topological polar surface area (TPSA) is 167 Å². The third-order valence-corrected chi connectivity index (χ3v) is 7.60. The van der Waals surface area contributed by atoms with Gasteiger partial charge in [0.2, 0.25) is 11.2 Å². The van der Waals surface area contributed by atoms with E-state index in [0.717, 1.165) is 33.5 Å². The van der Waals surface area contributed by atoms with E-state index in [1.165, 1.54) is 19.1 Å². The van der Waals surface area contributed by atoms with Crippen molar-refractivity contribution in [2.24, 2.45) is 11.2 Å². The lowest BCUT2D eigenvalue weighted by molar-refractivity contribution is -0.727. The van der Waals surface area contributed by atoms with Crippen molar-refractivity contribution in [1.29, 1.82) is 0 Å². The zero-order chi connectivity index (χ0) is 32.2. The molecule has 1 N–H and O–H groups in total. The molecular weight excluding hydrogens is 613 g/mol. The number of benzene rings is 2. The van der Waals surface area contributed by atoms with Crippen molar-refractivity contribution in [2.75, 3.05) is 19.7 Å². The molecular formula is C26H27F3N6O8S. The van der Waals surface area contributed by atoms with Crippen LogP contribution in [0.15, 0.2) is 64.8 Å². The molecule has 3 aromatic rings. The second-order valence-electron chi connectivity index (χ2n) is 9.53. The second kappa shape index (κ2) is 12.8. The molecule has 4 rings (SSSR count). The number of alkyl halides is 3. The van der Waals surface area contributed by atoms with Gasteiger partial charge in [0, 0.05) is 12.5 Å². The van der Waals surface area contributed by atoms with Crippen LogP contribution in [0.3, 0.4) is 0 Å².